The molecule has 0 saturated heterocycles. The molecule has 1 aromatic heterocycles. The molecule has 0 aromatic carbocycles. The third-order valence-electron chi connectivity index (χ3n) is 2.80. The van der Waals surface area contributed by atoms with E-state index < -0.39 is 0 Å². The predicted molar refractivity (Wildman–Crippen MR) is 77.7 cm³/mol. The van der Waals surface area contributed by atoms with Gasteiger partial charge in [0, 0.05) is 9.35 Å². The molecule has 0 amide bonds. The zero-order valence-electron chi connectivity index (χ0n) is 10.1. The molecule has 92 valence electrons. The zero-order valence-corrected chi connectivity index (χ0v) is 13.2. The van der Waals surface area contributed by atoms with Crippen LogP contribution in [0.2, 0.25) is 4.34 Å². The van der Waals surface area contributed by atoms with Crippen molar-refractivity contribution in [3.8, 4) is 0 Å². The number of nitrogens with one attached hydrogen (secondary N) is 1. The van der Waals surface area contributed by atoms with E-state index in [2.05, 4.69) is 41.2 Å². The Hall–Kier alpha value is 0.430. The quantitative estimate of drug-likeness (QED) is 0.797. The van der Waals surface area contributed by atoms with E-state index in [9.17, 15) is 0 Å². The Morgan fingerprint density at radius 1 is 1.44 bits per heavy atom. The Morgan fingerprint density at radius 3 is 2.62 bits per heavy atom. The molecule has 1 N–H and O–H groups in total. The van der Waals surface area contributed by atoms with Crippen LogP contribution in [-0.4, -0.2) is 13.6 Å². The second-order valence-corrected chi connectivity index (χ2v) is 7.45. The van der Waals surface area contributed by atoms with Crippen molar-refractivity contribution in [3.63, 3.8) is 0 Å². The first-order valence-corrected chi connectivity index (χ1v) is 7.52. The van der Waals surface area contributed by atoms with Crippen molar-refractivity contribution >= 4 is 38.9 Å². The molecular formula is C12H19BrClNS. The maximum atomic E-state index is 6.02. The zero-order chi connectivity index (χ0) is 12.2. The summed E-state index contributed by atoms with van der Waals surface area (Å²) in [6.45, 7) is 5.74. The summed E-state index contributed by atoms with van der Waals surface area (Å²) in [7, 11) is 2.01. The van der Waals surface area contributed by atoms with E-state index in [0.29, 0.717) is 5.41 Å². The third kappa shape index (κ3) is 4.74. The Balaban J connectivity index is 2.44. The molecule has 1 heterocycles. The van der Waals surface area contributed by atoms with Crippen molar-refractivity contribution in [2.75, 3.05) is 13.6 Å². The van der Waals surface area contributed by atoms with E-state index in [0.717, 1.165) is 21.8 Å². The summed E-state index contributed by atoms with van der Waals surface area (Å²) < 4.78 is 1.89. The van der Waals surface area contributed by atoms with Gasteiger partial charge in [-0.2, -0.15) is 0 Å². The summed E-state index contributed by atoms with van der Waals surface area (Å²) in [4.78, 5) is 1.37. The van der Waals surface area contributed by atoms with Crippen molar-refractivity contribution < 1.29 is 0 Å². The van der Waals surface area contributed by atoms with Gasteiger partial charge in [-0.1, -0.05) is 25.4 Å². The van der Waals surface area contributed by atoms with Crippen LogP contribution in [0.1, 0.15) is 31.6 Å². The number of thiophene rings is 1. The molecule has 4 heteroatoms. The first-order chi connectivity index (χ1) is 7.44. The summed E-state index contributed by atoms with van der Waals surface area (Å²) in [5.41, 5.74) is 0.395. The van der Waals surface area contributed by atoms with Crippen molar-refractivity contribution in [2.45, 2.75) is 33.1 Å². The van der Waals surface area contributed by atoms with Gasteiger partial charge in [0.1, 0.15) is 4.34 Å². The van der Waals surface area contributed by atoms with E-state index in [4.69, 9.17) is 11.6 Å². The monoisotopic (exact) mass is 323 g/mol. The highest BCUT2D eigenvalue weighted by atomic mass is 79.9. The predicted octanol–water partition coefficient (Wildman–Crippen LogP) is 4.73. The highest BCUT2D eigenvalue weighted by Gasteiger charge is 2.17. The average Bonchev–Trinajstić information content (AvgIpc) is 2.53. The Bertz CT molecular complexity index is 316. The van der Waals surface area contributed by atoms with Gasteiger partial charge in [-0.25, -0.2) is 0 Å². The minimum atomic E-state index is 0.395. The number of rotatable bonds is 6. The van der Waals surface area contributed by atoms with Crippen molar-refractivity contribution in [3.05, 3.63) is 19.8 Å². The van der Waals surface area contributed by atoms with Gasteiger partial charge in [-0.3, -0.25) is 0 Å². The third-order valence-corrected chi connectivity index (χ3v) is 5.33. The van der Waals surface area contributed by atoms with Gasteiger partial charge in [0.05, 0.1) is 0 Å². The lowest BCUT2D eigenvalue weighted by Crippen LogP contribution is -2.20. The lowest BCUT2D eigenvalue weighted by molar-refractivity contribution is 0.306. The average molecular weight is 325 g/mol. The van der Waals surface area contributed by atoms with Crippen molar-refractivity contribution in [1.82, 2.24) is 5.32 Å². The summed E-state index contributed by atoms with van der Waals surface area (Å²) in [6, 6.07) is 2.14. The van der Waals surface area contributed by atoms with E-state index >= 15 is 0 Å². The van der Waals surface area contributed by atoms with Crippen LogP contribution in [0.5, 0.6) is 0 Å². The number of hydrogen-bond donors (Lipinski definition) is 1. The Kier molecular flexibility index (Phi) is 5.78. The van der Waals surface area contributed by atoms with Gasteiger partial charge in [0.15, 0.2) is 0 Å². The van der Waals surface area contributed by atoms with Gasteiger partial charge in [-0.05, 0) is 60.3 Å². The van der Waals surface area contributed by atoms with E-state index in [1.54, 1.807) is 11.3 Å². The number of hydrogen-bond acceptors (Lipinski definition) is 2. The fourth-order valence-electron chi connectivity index (χ4n) is 1.56. The first-order valence-electron chi connectivity index (χ1n) is 5.53. The van der Waals surface area contributed by atoms with Gasteiger partial charge in [0.2, 0.25) is 0 Å². The summed E-state index contributed by atoms with van der Waals surface area (Å²) in [6.07, 6.45) is 3.54. The minimum absolute atomic E-state index is 0.395. The molecule has 1 aromatic rings. The summed E-state index contributed by atoms with van der Waals surface area (Å²) in [5.74, 6) is 0. The molecule has 0 saturated carbocycles. The molecule has 0 bridgehead atoms. The van der Waals surface area contributed by atoms with Gasteiger partial charge in [0.25, 0.3) is 0 Å². The molecular weight excluding hydrogens is 306 g/mol. The first kappa shape index (κ1) is 14.5. The summed E-state index contributed by atoms with van der Waals surface area (Å²) >= 11 is 11.2. The molecule has 0 unspecified atom stereocenters. The smallest absolute Gasteiger partial charge is 0.107 e. The van der Waals surface area contributed by atoms with Crippen LogP contribution in [0, 0.1) is 5.41 Å². The fraction of sp³-hybridized carbons (Fsp3) is 0.667. The van der Waals surface area contributed by atoms with E-state index in [-0.39, 0.29) is 0 Å². The SMILES string of the molecule is CNCCC(C)(C)CCc1cc(Br)c(Cl)s1. The van der Waals surface area contributed by atoms with Crippen LogP contribution in [0.4, 0.5) is 0 Å². The van der Waals surface area contributed by atoms with E-state index in [1.165, 1.54) is 17.7 Å². The maximum Gasteiger partial charge on any atom is 0.107 e. The maximum absolute atomic E-state index is 6.02. The fourth-order valence-corrected chi connectivity index (χ4v) is 3.35. The molecule has 0 atom stereocenters. The molecule has 1 rings (SSSR count). The standard InChI is InChI=1S/C12H19BrClNS/c1-12(2,6-7-15-3)5-4-9-8-10(13)11(14)16-9/h8,15H,4-7H2,1-3H3. The minimum Gasteiger partial charge on any atom is -0.320 e. The van der Waals surface area contributed by atoms with Crippen LogP contribution in [-0.2, 0) is 6.42 Å². The second kappa shape index (κ2) is 6.39. The number of halogens is 2. The van der Waals surface area contributed by atoms with Crippen LogP contribution in [0.15, 0.2) is 10.5 Å². The lowest BCUT2D eigenvalue weighted by Gasteiger charge is -2.24. The molecule has 0 aliphatic carbocycles. The molecule has 0 aliphatic rings. The Morgan fingerprint density at radius 2 is 2.12 bits per heavy atom. The second-order valence-electron chi connectivity index (χ2n) is 4.85. The van der Waals surface area contributed by atoms with Gasteiger partial charge >= 0.3 is 0 Å². The highest BCUT2D eigenvalue weighted by molar-refractivity contribution is 9.10. The van der Waals surface area contributed by atoms with Crippen LogP contribution in [0.3, 0.4) is 0 Å². The summed E-state index contributed by atoms with van der Waals surface area (Å²) in [5, 5.41) is 3.21. The Labute approximate surface area is 116 Å². The van der Waals surface area contributed by atoms with Crippen molar-refractivity contribution in [1.29, 1.82) is 0 Å². The molecule has 0 aliphatic heterocycles. The van der Waals surface area contributed by atoms with Gasteiger partial charge in [-0.15, -0.1) is 11.3 Å². The molecule has 0 fully saturated rings. The normalized spacial score (nSPS) is 12.1. The molecule has 1 nitrogen and oxygen atoms in total. The van der Waals surface area contributed by atoms with Crippen LogP contribution < -0.4 is 5.32 Å². The van der Waals surface area contributed by atoms with Crippen LogP contribution in [0.25, 0.3) is 0 Å². The number of aryl methyl sites for hydroxylation is 1. The highest BCUT2D eigenvalue weighted by Crippen LogP contribution is 2.34. The molecule has 0 radical (unpaired) electrons. The lowest BCUT2D eigenvalue weighted by atomic mass is 9.84. The topological polar surface area (TPSA) is 12.0 Å². The van der Waals surface area contributed by atoms with Gasteiger partial charge < -0.3 is 5.32 Å². The van der Waals surface area contributed by atoms with Crippen LogP contribution >= 0.6 is 38.9 Å². The van der Waals surface area contributed by atoms with E-state index in [1.807, 2.05) is 7.05 Å². The largest absolute Gasteiger partial charge is 0.320 e. The van der Waals surface area contributed by atoms with Crippen molar-refractivity contribution in [2.24, 2.45) is 5.41 Å². The molecule has 16 heavy (non-hydrogen) atoms. The molecule has 0 spiro atoms.